The third kappa shape index (κ3) is 2.31. The molecule has 0 bridgehead atoms. The Bertz CT molecular complexity index is 528. The predicted molar refractivity (Wildman–Crippen MR) is 66.8 cm³/mol. The highest BCUT2D eigenvalue weighted by Gasteiger charge is 2.10. The lowest BCUT2D eigenvalue weighted by Crippen LogP contribution is -2.01. The summed E-state index contributed by atoms with van der Waals surface area (Å²) in [4.78, 5) is 15.9. The van der Waals surface area contributed by atoms with Crippen LogP contribution in [-0.2, 0) is 0 Å². The van der Waals surface area contributed by atoms with Gasteiger partial charge in [-0.1, -0.05) is 11.6 Å². The first-order valence-corrected chi connectivity index (χ1v) is 5.75. The molecule has 0 unspecified atom stereocenters. The van der Waals surface area contributed by atoms with Crippen molar-refractivity contribution >= 4 is 33.3 Å². The van der Waals surface area contributed by atoms with Crippen molar-refractivity contribution in [2.75, 3.05) is 0 Å². The molecule has 1 heterocycles. The van der Waals surface area contributed by atoms with E-state index in [1.165, 1.54) is 0 Å². The molecule has 0 saturated carbocycles. The predicted octanol–water partition coefficient (Wildman–Crippen LogP) is 3.73. The number of carbonyl (C=O) groups excluding carboxylic acids is 1. The van der Waals surface area contributed by atoms with Crippen LogP contribution in [-0.4, -0.2) is 10.8 Å². The van der Waals surface area contributed by atoms with Crippen LogP contribution in [0.5, 0.6) is 0 Å². The number of nitrogens with zero attached hydrogens (tertiary/aromatic N) is 1. The molecule has 4 heteroatoms. The van der Waals surface area contributed by atoms with E-state index in [0.717, 1.165) is 0 Å². The van der Waals surface area contributed by atoms with Gasteiger partial charge in [-0.15, -0.1) is 0 Å². The summed E-state index contributed by atoms with van der Waals surface area (Å²) in [5.74, 6) is -0.0644. The summed E-state index contributed by atoms with van der Waals surface area (Å²) in [6.45, 7) is 0. The molecule has 0 spiro atoms. The molecule has 2 aromatic rings. The van der Waals surface area contributed by atoms with E-state index in [4.69, 9.17) is 11.6 Å². The topological polar surface area (TPSA) is 30.0 Å². The first-order chi connectivity index (χ1) is 7.68. The van der Waals surface area contributed by atoms with Crippen molar-refractivity contribution in [3.8, 4) is 0 Å². The zero-order chi connectivity index (χ0) is 11.5. The molecule has 0 aliphatic rings. The second-order valence-electron chi connectivity index (χ2n) is 3.20. The number of halogens is 2. The minimum absolute atomic E-state index is 0.0644. The summed E-state index contributed by atoms with van der Waals surface area (Å²) < 4.78 is 0.712. The first-order valence-electron chi connectivity index (χ1n) is 4.58. The molecule has 2 nitrogen and oxygen atoms in total. The molecule has 80 valence electrons. The molecule has 0 aliphatic carbocycles. The molecule has 2 rings (SSSR count). The van der Waals surface area contributed by atoms with E-state index in [-0.39, 0.29) is 5.78 Å². The molecule has 16 heavy (non-hydrogen) atoms. The maximum absolute atomic E-state index is 12.0. The van der Waals surface area contributed by atoms with E-state index < -0.39 is 0 Å². The van der Waals surface area contributed by atoms with Crippen LogP contribution >= 0.6 is 27.5 Å². The molecule has 0 amide bonds. The van der Waals surface area contributed by atoms with Gasteiger partial charge in [0.2, 0.25) is 0 Å². The van der Waals surface area contributed by atoms with Crippen LogP contribution in [0.15, 0.2) is 47.2 Å². The van der Waals surface area contributed by atoms with Crippen molar-refractivity contribution in [1.82, 2.24) is 4.98 Å². The van der Waals surface area contributed by atoms with E-state index in [2.05, 4.69) is 20.9 Å². The maximum atomic E-state index is 12.0. The number of pyridine rings is 1. The van der Waals surface area contributed by atoms with E-state index in [0.29, 0.717) is 20.6 Å². The van der Waals surface area contributed by atoms with Crippen LogP contribution in [0.1, 0.15) is 15.9 Å². The Kier molecular flexibility index (Phi) is 3.36. The number of hydrogen-bond donors (Lipinski definition) is 0. The molecule has 1 aromatic carbocycles. The minimum Gasteiger partial charge on any atom is -0.289 e. The number of benzene rings is 1. The Balaban J connectivity index is 2.39. The normalized spacial score (nSPS) is 10.1. The standard InChI is InChI=1S/C12H7BrClNO/c13-10-6-8(3-4-11(10)14)12(16)9-2-1-5-15-7-9/h1-7H. The fourth-order valence-corrected chi connectivity index (χ4v) is 1.80. The smallest absolute Gasteiger partial charge is 0.194 e. The van der Waals surface area contributed by atoms with Crippen LogP contribution in [0.2, 0.25) is 5.02 Å². The summed E-state index contributed by atoms with van der Waals surface area (Å²) in [6.07, 6.45) is 3.18. The third-order valence-corrected chi connectivity index (χ3v) is 3.32. The highest BCUT2D eigenvalue weighted by molar-refractivity contribution is 9.10. The van der Waals surface area contributed by atoms with Crippen molar-refractivity contribution in [3.63, 3.8) is 0 Å². The highest BCUT2D eigenvalue weighted by Crippen LogP contribution is 2.24. The number of carbonyl (C=O) groups is 1. The Morgan fingerprint density at radius 2 is 2.06 bits per heavy atom. The summed E-state index contributed by atoms with van der Waals surface area (Å²) in [5.41, 5.74) is 1.15. The van der Waals surface area contributed by atoms with Gasteiger partial charge >= 0.3 is 0 Å². The Morgan fingerprint density at radius 3 is 2.69 bits per heavy atom. The van der Waals surface area contributed by atoms with Gasteiger partial charge in [0.05, 0.1) is 5.02 Å². The van der Waals surface area contributed by atoms with E-state index in [1.807, 2.05) is 0 Å². The van der Waals surface area contributed by atoms with Crippen LogP contribution in [0.3, 0.4) is 0 Å². The van der Waals surface area contributed by atoms with Crippen molar-refractivity contribution < 1.29 is 4.79 Å². The third-order valence-electron chi connectivity index (χ3n) is 2.11. The summed E-state index contributed by atoms with van der Waals surface area (Å²) in [5, 5.41) is 0.586. The quantitative estimate of drug-likeness (QED) is 0.790. The molecule has 0 N–H and O–H groups in total. The average molecular weight is 297 g/mol. The summed E-state index contributed by atoms with van der Waals surface area (Å²) in [7, 11) is 0. The molecule has 0 radical (unpaired) electrons. The molecule has 0 atom stereocenters. The van der Waals surface area contributed by atoms with Gasteiger partial charge < -0.3 is 0 Å². The second-order valence-corrected chi connectivity index (χ2v) is 4.46. The molecule has 0 saturated heterocycles. The van der Waals surface area contributed by atoms with Gasteiger partial charge in [-0.05, 0) is 46.3 Å². The van der Waals surface area contributed by atoms with Crippen molar-refractivity contribution in [3.05, 3.63) is 63.3 Å². The van der Waals surface area contributed by atoms with Gasteiger partial charge in [0.1, 0.15) is 0 Å². The second kappa shape index (κ2) is 4.76. The molecular weight excluding hydrogens is 289 g/mol. The van der Waals surface area contributed by atoms with E-state index >= 15 is 0 Å². The van der Waals surface area contributed by atoms with Crippen molar-refractivity contribution in [2.45, 2.75) is 0 Å². The van der Waals surface area contributed by atoms with Gasteiger partial charge in [-0.3, -0.25) is 9.78 Å². The van der Waals surface area contributed by atoms with Gasteiger partial charge in [0.25, 0.3) is 0 Å². The number of hydrogen-bond acceptors (Lipinski definition) is 2. The number of aromatic nitrogens is 1. The molecule has 1 aromatic heterocycles. The van der Waals surface area contributed by atoms with E-state index in [9.17, 15) is 4.79 Å². The summed E-state index contributed by atoms with van der Waals surface area (Å²) >= 11 is 9.15. The van der Waals surface area contributed by atoms with Gasteiger partial charge in [0.15, 0.2) is 5.78 Å². The first kappa shape index (κ1) is 11.3. The zero-order valence-electron chi connectivity index (χ0n) is 8.15. The highest BCUT2D eigenvalue weighted by atomic mass is 79.9. The van der Waals surface area contributed by atoms with Gasteiger partial charge in [-0.2, -0.15) is 0 Å². The Hall–Kier alpha value is -1.19. The van der Waals surface area contributed by atoms with Crippen molar-refractivity contribution in [1.29, 1.82) is 0 Å². The SMILES string of the molecule is O=C(c1cccnc1)c1ccc(Cl)c(Br)c1. The lowest BCUT2D eigenvalue weighted by molar-refractivity contribution is 0.103. The van der Waals surface area contributed by atoms with E-state index in [1.54, 1.807) is 42.7 Å². The monoisotopic (exact) mass is 295 g/mol. The van der Waals surface area contributed by atoms with Crippen molar-refractivity contribution in [2.24, 2.45) is 0 Å². The van der Waals surface area contributed by atoms with Crippen LogP contribution in [0.4, 0.5) is 0 Å². The fourth-order valence-electron chi connectivity index (χ4n) is 1.30. The Morgan fingerprint density at radius 1 is 1.25 bits per heavy atom. The number of ketones is 1. The van der Waals surface area contributed by atoms with Crippen LogP contribution < -0.4 is 0 Å². The van der Waals surface area contributed by atoms with Gasteiger partial charge in [-0.25, -0.2) is 0 Å². The van der Waals surface area contributed by atoms with Crippen LogP contribution in [0.25, 0.3) is 0 Å². The van der Waals surface area contributed by atoms with Crippen LogP contribution in [0, 0.1) is 0 Å². The maximum Gasteiger partial charge on any atom is 0.194 e. The molecule has 0 aliphatic heterocycles. The summed E-state index contributed by atoms with van der Waals surface area (Å²) in [6, 6.07) is 8.56. The number of rotatable bonds is 2. The zero-order valence-corrected chi connectivity index (χ0v) is 10.5. The molecule has 0 fully saturated rings. The lowest BCUT2D eigenvalue weighted by atomic mass is 10.1. The lowest BCUT2D eigenvalue weighted by Gasteiger charge is -2.02. The van der Waals surface area contributed by atoms with Gasteiger partial charge in [0, 0.05) is 28.0 Å². The average Bonchev–Trinajstić information content (AvgIpc) is 2.33. The molecular formula is C12H7BrClNO. The largest absolute Gasteiger partial charge is 0.289 e. The Labute approximate surface area is 106 Å². The minimum atomic E-state index is -0.0644. The fraction of sp³-hybridized carbons (Fsp3) is 0.